The van der Waals surface area contributed by atoms with Crippen LogP contribution >= 0.6 is 11.8 Å². The molecule has 1 fully saturated rings. The van der Waals surface area contributed by atoms with E-state index < -0.39 is 17.8 Å². The maximum atomic E-state index is 12.5. The second kappa shape index (κ2) is 6.87. The number of benzene rings is 1. The van der Waals surface area contributed by atoms with Gasteiger partial charge in [-0.15, -0.1) is 10.2 Å². The van der Waals surface area contributed by atoms with Crippen molar-refractivity contribution in [3.8, 4) is 0 Å². The number of carbonyl (C=O) groups excluding carboxylic acids is 1. The maximum absolute atomic E-state index is 12.5. The largest absolute Gasteiger partial charge is 0.481 e. The van der Waals surface area contributed by atoms with Gasteiger partial charge in [-0.1, -0.05) is 13.8 Å². The van der Waals surface area contributed by atoms with Gasteiger partial charge >= 0.3 is 5.97 Å². The molecule has 2 aromatic rings. The lowest BCUT2D eigenvalue weighted by Gasteiger charge is -2.45. The molecule has 0 radical (unpaired) electrons. The summed E-state index contributed by atoms with van der Waals surface area (Å²) in [5.74, 6) is -2.15. The maximum Gasteiger partial charge on any atom is 0.307 e. The molecule has 132 valence electrons. The number of nitrogens with one attached hydrogen (secondary N) is 1. The Hall–Kier alpha value is -2.35. The first-order valence-electron chi connectivity index (χ1n) is 8.04. The van der Waals surface area contributed by atoms with Crippen LogP contribution in [-0.2, 0) is 16.6 Å². The van der Waals surface area contributed by atoms with E-state index in [0.717, 1.165) is 10.1 Å². The molecule has 1 saturated carbocycles. The van der Waals surface area contributed by atoms with Gasteiger partial charge in [-0.05, 0) is 47.9 Å². The number of anilines is 1. The molecule has 0 aliphatic heterocycles. The van der Waals surface area contributed by atoms with Gasteiger partial charge < -0.3 is 15.0 Å². The molecule has 2 unspecified atom stereocenters. The Bertz CT molecular complexity index is 789. The molecule has 0 bridgehead atoms. The third-order valence-corrected chi connectivity index (χ3v) is 6.00. The van der Waals surface area contributed by atoms with Crippen molar-refractivity contribution >= 4 is 29.3 Å². The Morgan fingerprint density at radius 1 is 1.16 bits per heavy atom. The molecule has 1 heterocycles. The van der Waals surface area contributed by atoms with Crippen LogP contribution in [0.25, 0.3) is 0 Å². The fraction of sp³-hybridized carbons (Fsp3) is 0.412. The lowest BCUT2D eigenvalue weighted by Crippen LogP contribution is -2.53. The number of carboxylic acids is 1. The second-order valence-electron chi connectivity index (χ2n) is 6.45. The van der Waals surface area contributed by atoms with Crippen molar-refractivity contribution < 1.29 is 14.7 Å². The van der Waals surface area contributed by atoms with Gasteiger partial charge in [-0.2, -0.15) is 0 Å². The lowest BCUT2D eigenvalue weighted by molar-refractivity contribution is -0.162. The smallest absolute Gasteiger partial charge is 0.307 e. The van der Waals surface area contributed by atoms with Gasteiger partial charge in [0, 0.05) is 17.6 Å². The van der Waals surface area contributed by atoms with Crippen LogP contribution in [0.5, 0.6) is 0 Å². The van der Waals surface area contributed by atoms with E-state index in [0.29, 0.717) is 5.69 Å². The van der Waals surface area contributed by atoms with Gasteiger partial charge in [0.25, 0.3) is 0 Å². The summed E-state index contributed by atoms with van der Waals surface area (Å²) in [6.45, 7) is 3.81. The van der Waals surface area contributed by atoms with E-state index in [1.54, 1.807) is 18.5 Å². The molecule has 8 heteroatoms. The number of rotatable bonds is 5. The molecule has 0 spiro atoms. The number of hydrogen-bond acceptors (Lipinski definition) is 5. The fourth-order valence-electron chi connectivity index (χ4n) is 3.25. The highest BCUT2D eigenvalue weighted by molar-refractivity contribution is 7.99. The highest BCUT2D eigenvalue weighted by Crippen LogP contribution is 2.46. The van der Waals surface area contributed by atoms with Crippen molar-refractivity contribution in [2.75, 3.05) is 5.32 Å². The highest BCUT2D eigenvalue weighted by atomic mass is 32.2. The predicted molar refractivity (Wildman–Crippen MR) is 93.1 cm³/mol. The molecule has 25 heavy (non-hydrogen) atoms. The Morgan fingerprint density at radius 2 is 1.80 bits per heavy atom. The summed E-state index contributed by atoms with van der Waals surface area (Å²) in [7, 11) is 1.87. The van der Waals surface area contributed by atoms with Gasteiger partial charge in [0.15, 0.2) is 5.16 Å². The number of nitrogens with zero attached hydrogens (tertiary/aromatic N) is 3. The molecule has 1 aliphatic rings. The quantitative estimate of drug-likeness (QED) is 0.850. The minimum atomic E-state index is -0.902. The van der Waals surface area contributed by atoms with Crippen molar-refractivity contribution in [1.82, 2.24) is 14.8 Å². The Balaban J connectivity index is 1.64. The first-order chi connectivity index (χ1) is 11.9. The van der Waals surface area contributed by atoms with Gasteiger partial charge in [0.2, 0.25) is 5.91 Å². The Kier molecular flexibility index (Phi) is 4.80. The fourth-order valence-corrected chi connectivity index (χ4v) is 4.01. The number of hydrogen-bond donors (Lipinski definition) is 2. The molecular weight excluding hydrogens is 340 g/mol. The molecule has 1 aliphatic carbocycles. The summed E-state index contributed by atoms with van der Waals surface area (Å²) in [4.78, 5) is 24.8. The van der Waals surface area contributed by atoms with E-state index in [1.165, 1.54) is 11.8 Å². The SMILES string of the molecule is CC1C(C)[C@H](C(=O)Nc2ccc(Sc3nncn3C)cc2)[C@@H]1C(=O)O. The standard InChI is InChI=1S/C17H20N4O3S/c1-9-10(2)14(16(23)24)13(9)15(22)19-11-4-6-12(7-5-11)25-17-20-18-8-21(17)3/h4-10,13-14H,1-3H3,(H,19,22)(H,23,24)/t9?,10?,13-,14+/m0/s1. The minimum Gasteiger partial charge on any atom is -0.481 e. The zero-order valence-electron chi connectivity index (χ0n) is 14.2. The first-order valence-corrected chi connectivity index (χ1v) is 8.85. The van der Waals surface area contributed by atoms with Crippen LogP contribution in [0.1, 0.15) is 13.8 Å². The molecule has 4 atom stereocenters. The molecule has 7 nitrogen and oxygen atoms in total. The molecular formula is C17H20N4O3S. The van der Waals surface area contributed by atoms with E-state index in [4.69, 9.17) is 0 Å². The van der Waals surface area contributed by atoms with Crippen LogP contribution in [0.15, 0.2) is 40.6 Å². The van der Waals surface area contributed by atoms with Crippen LogP contribution < -0.4 is 5.32 Å². The number of aliphatic carboxylic acids is 1. The predicted octanol–water partition coefficient (Wildman–Crippen LogP) is 2.51. The van der Waals surface area contributed by atoms with E-state index in [9.17, 15) is 14.7 Å². The third kappa shape index (κ3) is 3.39. The molecule has 2 N–H and O–H groups in total. The van der Waals surface area contributed by atoms with Crippen molar-refractivity contribution in [3.63, 3.8) is 0 Å². The van der Waals surface area contributed by atoms with Crippen molar-refractivity contribution in [2.24, 2.45) is 30.7 Å². The average Bonchev–Trinajstić information content (AvgIpc) is 2.97. The summed E-state index contributed by atoms with van der Waals surface area (Å²) in [6, 6.07) is 7.38. The molecule has 0 saturated heterocycles. The Morgan fingerprint density at radius 3 is 2.36 bits per heavy atom. The number of amides is 1. The second-order valence-corrected chi connectivity index (χ2v) is 7.49. The average molecular weight is 360 g/mol. The van der Waals surface area contributed by atoms with Crippen LogP contribution in [0.4, 0.5) is 5.69 Å². The highest BCUT2D eigenvalue weighted by Gasteiger charge is 2.52. The number of carboxylic acid groups (broad SMARTS) is 1. The lowest BCUT2D eigenvalue weighted by atomic mass is 9.57. The molecule has 3 rings (SSSR count). The zero-order chi connectivity index (χ0) is 18.1. The van der Waals surface area contributed by atoms with Crippen LogP contribution in [-0.4, -0.2) is 31.7 Å². The number of aromatic nitrogens is 3. The molecule has 1 aromatic heterocycles. The van der Waals surface area contributed by atoms with Gasteiger partial charge in [-0.25, -0.2) is 0 Å². The first kappa shape index (κ1) is 17.5. The van der Waals surface area contributed by atoms with E-state index in [2.05, 4.69) is 15.5 Å². The van der Waals surface area contributed by atoms with Crippen LogP contribution in [0.2, 0.25) is 0 Å². The topological polar surface area (TPSA) is 97.1 Å². The van der Waals surface area contributed by atoms with Crippen molar-refractivity contribution in [3.05, 3.63) is 30.6 Å². The summed E-state index contributed by atoms with van der Waals surface area (Å²) in [5, 5.41) is 20.7. The van der Waals surface area contributed by atoms with Crippen LogP contribution in [0, 0.1) is 23.7 Å². The van der Waals surface area contributed by atoms with Crippen molar-refractivity contribution in [1.29, 1.82) is 0 Å². The zero-order valence-corrected chi connectivity index (χ0v) is 15.0. The van der Waals surface area contributed by atoms with Gasteiger partial charge in [-0.3, -0.25) is 9.59 Å². The normalized spacial score (nSPS) is 25.2. The number of carbonyl (C=O) groups is 2. The molecule has 1 aromatic carbocycles. The van der Waals surface area contributed by atoms with E-state index in [1.807, 2.05) is 37.6 Å². The summed E-state index contributed by atoms with van der Waals surface area (Å²) < 4.78 is 1.82. The van der Waals surface area contributed by atoms with Gasteiger partial charge in [0.1, 0.15) is 6.33 Å². The number of aryl methyl sites for hydroxylation is 1. The summed E-state index contributed by atoms with van der Waals surface area (Å²) in [5.41, 5.74) is 0.656. The van der Waals surface area contributed by atoms with Crippen LogP contribution in [0.3, 0.4) is 0 Å². The van der Waals surface area contributed by atoms with E-state index >= 15 is 0 Å². The van der Waals surface area contributed by atoms with Crippen molar-refractivity contribution in [2.45, 2.75) is 23.9 Å². The summed E-state index contributed by atoms with van der Waals surface area (Å²) >= 11 is 1.47. The minimum absolute atomic E-state index is 0.0124. The van der Waals surface area contributed by atoms with E-state index in [-0.39, 0.29) is 17.7 Å². The molecule has 1 amide bonds. The van der Waals surface area contributed by atoms with Gasteiger partial charge in [0.05, 0.1) is 11.8 Å². The third-order valence-electron chi connectivity index (χ3n) is 4.94. The summed E-state index contributed by atoms with van der Waals surface area (Å²) in [6.07, 6.45) is 1.64. The Labute approximate surface area is 149 Å². The monoisotopic (exact) mass is 360 g/mol.